The average Bonchev–Trinajstić information content (AvgIpc) is 2.82. The van der Waals surface area contributed by atoms with E-state index >= 15 is 0 Å². The van der Waals surface area contributed by atoms with Gasteiger partial charge in [0.05, 0.1) is 19.8 Å². The lowest BCUT2D eigenvalue weighted by Gasteiger charge is -2.20. The minimum atomic E-state index is -4.12. The number of unbranched alkanes of at least 4 members (excludes halogenated alkanes) is 13. The van der Waals surface area contributed by atoms with Gasteiger partial charge in [0.25, 0.3) is 0 Å². The third-order valence-corrected chi connectivity index (χ3v) is 6.70. The fraction of sp³-hybridized carbons (Fsp3) is 0.962. The summed E-state index contributed by atoms with van der Waals surface area (Å²) in [5.41, 5.74) is 0. The van der Waals surface area contributed by atoms with Crippen molar-refractivity contribution >= 4 is 13.8 Å². The van der Waals surface area contributed by atoms with Crippen molar-refractivity contribution in [3.63, 3.8) is 0 Å². The lowest BCUT2D eigenvalue weighted by Crippen LogP contribution is -2.26. The molecule has 0 spiro atoms. The third-order valence-electron chi connectivity index (χ3n) is 5.72. The molecule has 8 nitrogen and oxygen atoms in total. The van der Waals surface area contributed by atoms with E-state index in [0.29, 0.717) is 19.4 Å². The van der Waals surface area contributed by atoms with E-state index in [1.807, 2.05) is 6.92 Å². The Bertz CT molecular complexity index is 518. The predicted octanol–water partition coefficient (Wildman–Crippen LogP) is 7.28. The van der Waals surface area contributed by atoms with Crippen molar-refractivity contribution in [2.24, 2.45) is 0 Å². The molecule has 0 saturated heterocycles. The van der Waals surface area contributed by atoms with E-state index in [2.05, 4.69) is 6.92 Å². The number of phosphoric ester groups is 1. The topological polar surface area (TPSA) is 112 Å². The van der Waals surface area contributed by atoms with Crippen molar-refractivity contribution in [1.29, 1.82) is 0 Å². The zero-order valence-corrected chi connectivity index (χ0v) is 23.3. The summed E-state index contributed by atoms with van der Waals surface area (Å²) in [6.07, 6.45) is 18.6. The van der Waals surface area contributed by atoms with Gasteiger partial charge in [-0.15, -0.1) is 0 Å². The molecular weight excluding hydrogens is 471 g/mol. The number of ether oxygens (including phenoxy) is 2. The average molecular weight is 525 g/mol. The summed E-state index contributed by atoms with van der Waals surface area (Å²) >= 11 is 0. The molecule has 0 aliphatic rings. The first-order valence-corrected chi connectivity index (χ1v) is 15.4. The fourth-order valence-electron chi connectivity index (χ4n) is 3.65. The van der Waals surface area contributed by atoms with Crippen LogP contribution in [0.15, 0.2) is 0 Å². The largest absolute Gasteiger partial charge is 0.481 e. The molecule has 0 radical (unpaired) electrons. The van der Waals surface area contributed by atoms with Crippen LogP contribution in [0.3, 0.4) is 0 Å². The molecule has 0 fully saturated rings. The monoisotopic (exact) mass is 524 g/mol. The number of hydrogen-bond donors (Lipinski definition) is 2. The van der Waals surface area contributed by atoms with Crippen LogP contribution >= 0.6 is 7.82 Å². The summed E-state index contributed by atoms with van der Waals surface area (Å²) in [6, 6.07) is 0. The highest BCUT2D eigenvalue weighted by atomic mass is 31.2. The highest BCUT2D eigenvalue weighted by molar-refractivity contribution is 7.47. The van der Waals surface area contributed by atoms with Gasteiger partial charge in [-0.1, -0.05) is 97.3 Å². The predicted molar refractivity (Wildman–Crippen MR) is 140 cm³/mol. The van der Waals surface area contributed by atoms with E-state index in [1.54, 1.807) is 0 Å². The first-order chi connectivity index (χ1) is 16.9. The highest BCUT2D eigenvalue weighted by Gasteiger charge is 2.23. The van der Waals surface area contributed by atoms with E-state index in [0.717, 1.165) is 12.8 Å². The second kappa shape index (κ2) is 25.2. The third kappa shape index (κ3) is 26.4. The molecule has 0 rings (SSSR count). The minimum Gasteiger partial charge on any atom is -0.481 e. The lowest BCUT2D eigenvalue weighted by molar-refractivity contribution is -0.137. The van der Waals surface area contributed by atoms with Crippen LogP contribution in [0.5, 0.6) is 0 Å². The number of aliphatic carboxylic acids is 1. The molecule has 210 valence electrons. The van der Waals surface area contributed by atoms with Crippen molar-refractivity contribution in [3.05, 3.63) is 0 Å². The summed E-state index contributed by atoms with van der Waals surface area (Å²) in [6.45, 7) is 5.11. The Labute approximate surface area is 214 Å². The fourth-order valence-corrected chi connectivity index (χ4v) is 4.49. The normalized spacial score (nSPS) is 14.1. The van der Waals surface area contributed by atoms with Gasteiger partial charge in [0.15, 0.2) is 0 Å². The molecule has 9 heteroatoms. The maximum absolute atomic E-state index is 11.9. The maximum atomic E-state index is 11.9. The molecule has 2 atom stereocenters. The van der Waals surface area contributed by atoms with Crippen LogP contribution in [0.25, 0.3) is 0 Å². The van der Waals surface area contributed by atoms with Crippen molar-refractivity contribution < 1.29 is 37.9 Å². The van der Waals surface area contributed by atoms with Crippen LogP contribution in [-0.2, 0) is 27.9 Å². The van der Waals surface area contributed by atoms with Gasteiger partial charge >= 0.3 is 13.8 Å². The second-order valence-electron chi connectivity index (χ2n) is 9.26. The number of carboxylic acids is 1. The molecule has 2 N–H and O–H groups in total. The standard InChI is InChI=1S/C26H53O8P/c1-3-5-6-7-8-9-10-11-12-13-14-15-16-17-21-31-23-25(32-22-18-19-26(27)28)24-34-35(29,30)33-20-4-2/h25H,3-24H2,1-2H3,(H,27,28)(H,29,30). The van der Waals surface area contributed by atoms with Crippen molar-refractivity contribution in [3.8, 4) is 0 Å². The van der Waals surface area contributed by atoms with E-state index in [4.69, 9.17) is 23.6 Å². The summed E-state index contributed by atoms with van der Waals surface area (Å²) in [4.78, 5) is 20.3. The first kappa shape index (κ1) is 34.5. The number of rotatable bonds is 28. The maximum Gasteiger partial charge on any atom is 0.472 e. The van der Waals surface area contributed by atoms with Crippen LogP contribution in [0, 0.1) is 0 Å². The van der Waals surface area contributed by atoms with Crippen molar-refractivity contribution in [2.45, 2.75) is 129 Å². The zero-order chi connectivity index (χ0) is 26.0. The number of hydrogen-bond acceptors (Lipinski definition) is 6. The Morgan fingerprint density at radius 2 is 1.23 bits per heavy atom. The Balaban J connectivity index is 3.81. The van der Waals surface area contributed by atoms with Crippen LogP contribution < -0.4 is 0 Å². The minimum absolute atomic E-state index is 0.00554. The molecular formula is C26H53O8P. The van der Waals surface area contributed by atoms with Gasteiger partial charge in [-0.05, 0) is 19.3 Å². The highest BCUT2D eigenvalue weighted by Crippen LogP contribution is 2.43. The summed E-state index contributed by atoms with van der Waals surface area (Å²) < 4.78 is 33.0. The smallest absolute Gasteiger partial charge is 0.472 e. The number of phosphoric acid groups is 1. The second-order valence-corrected chi connectivity index (χ2v) is 10.7. The molecule has 0 aromatic carbocycles. The molecule has 0 aliphatic heterocycles. The molecule has 0 aromatic heterocycles. The van der Waals surface area contributed by atoms with E-state index in [1.165, 1.54) is 77.0 Å². The first-order valence-electron chi connectivity index (χ1n) is 13.9. The van der Waals surface area contributed by atoms with E-state index in [-0.39, 0.29) is 32.8 Å². The van der Waals surface area contributed by atoms with Gasteiger partial charge < -0.3 is 19.5 Å². The quantitative estimate of drug-likeness (QED) is 0.0811. The van der Waals surface area contributed by atoms with E-state index < -0.39 is 19.9 Å². The van der Waals surface area contributed by atoms with Gasteiger partial charge in [0.1, 0.15) is 6.10 Å². The molecule has 35 heavy (non-hydrogen) atoms. The van der Waals surface area contributed by atoms with Crippen LogP contribution in [0.2, 0.25) is 0 Å². The molecule has 0 amide bonds. The Hall–Kier alpha value is -0.500. The van der Waals surface area contributed by atoms with Crippen LogP contribution in [0.1, 0.15) is 123 Å². The lowest BCUT2D eigenvalue weighted by atomic mass is 10.0. The number of carboxylic acid groups (broad SMARTS) is 1. The Morgan fingerprint density at radius 1 is 0.686 bits per heavy atom. The molecule has 0 heterocycles. The molecule has 0 aromatic rings. The summed E-state index contributed by atoms with van der Waals surface area (Å²) in [5, 5.41) is 8.74. The summed E-state index contributed by atoms with van der Waals surface area (Å²) in [7, 11) is -4.12. The summed E-state index contributed by atoms with van der Waals surface area (Å²) in [5.74, 6) is -0.886. The van der Waals surface area contributed by atoms with Gasteiger partial charge in [0.2, 0.25) is 0 Å². The van der Waals surface area contributed by atoms with Crippen LogP contribution in [-0.4, -0.2) is 55.1 Å². The van der Waals surface area contributed by atoms with Gasteiger partial charge in [0, 0.05) is 19.6 Å². The number of carbonyl (C=O) groups is 1. The van der Waals surface area contributed by atoms with Crippen LogP contribution in [0.4, 0.5) is 0 Å². The zero-order valence-electron chi connectivity index (χ0n) is 22.4. The van der Waals surface area contributed by atoms with Gasteiger partial charge in [-0.25, -0.2) is 4.57 Å². The van der Waals surface area contributed by atoms with Gasteiger partial charge in [-0.3, -0.25) is 13.8 Å². The molecule has 0 bridgehead atoms. The Morgan fingerprint density at radius 3 is 1.74 bits per heavy atom. The Kier molecular flexibility index (Phi) is 24.8. The molecule has 0 aliphatic carbocycles. The molecule has 0 saturated carbocycles. The van der Waals surface area contributed by atoms with Gasteiger partial charge in [-0.2, -0.15) is 0 Å². The van der Waals surface area contributed by atoms with E-state index in [9.17, 15) is 14.3 Å². The van der Waals surface area contributed by atoms with Crippen molar-refractivity contribution in [1.82, 2.24) is 0 Å². The van der Waals surface area contributed by atoms with Crippen molar-refractivity contribution in [2.75, 3.05) is 33.0 Å². The molecule has 2 unspecified atom stereocenters. The SMILES string of the molecule is CCCCCCCCCCCCCCCCOCC(COP(=O)(O)OCCC)OCCCC(=O)O.